The molecule has 2 aromatic heterocycles. The Hall–Kier alpha value is -4.04. The second kappa shape index (κ2) is 10.3. The molecule has 1 saturated heterocycles. The van der Waals surface area contributed by atoms with Crippen LogP contribution in [0.5, 0.6) is 17.2 Å². The highest BCUT2D eigenvalue weighted by molar-refractivity contribution is 7.80. The maximum absolute atomic E-state index is 5.91. The van der Waals surface area contributed by atoms with Crippen LogP contribution in [0.1, 0.15) is 30.4 Å². The van der Waals surface area contributed by atoms with Crippen LogP contribution in [0.4, 0.5) is 5.69 Å². The van der Waals surface area contributed by atoms with E-state index in [1.807, 2.05) is 61.5 Å². The molecule has 0 amide bonds. The lowest BCUT2D eigenvalue weighted by molar-refractivity contribution is 0.340. The molecule has 5 rings (SSSR count). The monoisotopic (exact) mass is 500 g/mol. The fourth-order valence-corrected chi connectivity index (χ4v) is 4.98. The molecular formula is C28H28N4O3S. The Balaban J connectivity index is 1.66. The van der Waals surface area contributed by atoms with Gasteiger partial charge in [0, 0.05) is 29.8 Å². The van der Waals surface area contributed by atoms with Gasteiger partial charge in [0.25, 0.3) is 0 Å². The molecule has 0 radical (unpaired) electrons. The van der Waals surface area contributed by atoms with E-state index < -0.39 is 0 Å². The molecule has 0 spiro atoms. The van der Waals surface area contributed by atoms with Crippen LogP contribution < -0.4 is 24.4 Å². The smallest absolute Gasteiger partial charge is 0.174 e. The lowest BCUT2D eigenvalue weighted by Gasteiger charge is -2.30. The zero-order valence-electron chi connectivity index (χ0n) is 20.4. The number of hydrogen-bond donors (Lipinski definition) is 1. The molecule has 1 N–H and O–H groups in total. The largest absolute Gasteiger partial charge is 0.497 e. The third kappa shape index (κ3) is 4.35. The first kappa shape index (κ1) is 23.7. The van der Waals surface area contributed by atoms with E-state index in [0.717, 1.165) is 34.3 Å². The van der Waals surface area contributed by atoms with Gasteiger partial charge in [-0.2, -0.15) is 0 Å². The van der Waals surface area contributed by atoms with E-state index in [-0.39, 0.29) is 12.1 Å². The van der Waals surface area contributed by atoms with Gasteiger partial charge in [-0.05, 0) is 79.8 Å². The highest BCUT2D eigenvalue weighted by Crippen LogP contribution is 2.46. The summed E-state index contributed by atoms with van der Waals surface area (Å²) in [5, 5.41) is 4.10. The second-order valence-corrected chi connectivity index (χ2v) is 8.65. The van der Waals surface area contributed by atoms with Crippen molar-refractivity contribution in [3.63, 3.8) is 0 Å². The molecule has 0 saturated carbocycles. The molecule has 0 aliphatic carbocycles. The molecule has 1 aliphatic rings. The molecule has 0 bridgehead atoms. The van der Waals surface area contributed by atoms with E-state index in [0.29, 0.717) is 17.5 Å². The summed E-state index contributed by atoms with van der Waals surface area (Å²) >= 11 is 5.91. The Morgan fingerprint density at radius 2 is 1.75 bits per heavy atom. The van der Waals surface area contributed by atoms with Crippen LogP contribution in [0.3, 0.4) is 0 Å². The van der Waals surface area contributed by atoms with Gasteiger partial charge in [0.05, 0.1) is 38.2 Å². The van der Waals surface area contributed by atoms with E-state index in [4.69, 9.17) is 26.4 Å². The number of nitrogens with one attached hydrogen (secondary N) is 1. The third-order valence-electron chi connectivity index (χ3n) is 6.25. The lowest BCUT2D eigenvalue weighted by Crippen LogP contribution is -2.30. The Labute approximate surface area is 216 Å². The number of rotatable bonds is 8. The van der Waals surface area contributed by atoms with Gasteiger partial charge in [0.15, 0.2) is 5.11 Å². The van der Waals surface area contributed by atoms with Crippen molar-refractivity contribution < 1.29 is 14.2 Å². The van der Waals surface area contributed by atoms with Crippen molar-refractivity contribution in [2.45, 2.75) is 19.0 Å². The van der Waals surface area contributed by atoms with Crippen LogP contribution in [0, 0.1) is 0 Å². The summed E-state index contributed by atoms with van der Waals surface area (Å²) in [6.45, 7) is 2.61. The maximum Gasteiger partial charge on any atom is 0.174 e. The summed E-state index contributed by atoms with van der Waals surface area (Å²) in [5.41, 5.74) is 3.78. The van der Waals surface area contributed by atoms with E-state index in [1.165, 1.54) is 0 Å². The number of thiocarbonyl (C=S) groups is 1. The van der Waals surface area contributed by atoms with Gasteiger partial charge in [-0.1, -0.05) is 6.07 Å². The van der Waals surface area contributed by atoms with Crippen molar-refractivity contribution in [1.29, 1.82) is 0 Å². The molecule has 1 fully saturated rings. The Bertz CT molecular complexity index is 1340. The minimum Gasteiger partial charge on any atom is -0.497 e. The SMILES string of the molecule is CCOc1ccc(-n2cccc2[C@H]2[C@H](c3ccccn3)NC(=S)N2c2cc(OC)ccc2OC)cc1. The fourth-order valence-electron chi connectivity index (χ4n) is 4.64. The van der Waals surface area contributed by atoms with Crippen LogP contribution in [0.15, 0.2) is 85.2 Å². The quantitative estimate of drug-likeness (QED) is 0.322. The van der Waals surface area contributed by atoms with Gasteiger partial charge in [0.2, 0.25) is 0 Å². The van der Waals surface area contributed by atoms with E-state index in [2.05, 4.69) is 44.2 Å². The van der Waals surface area contributed by atoms with Crippen molar-refractivity contribution in [2.75, 3.05) is 25.7 Å². The zero-order valence-corrected chi connectivity index (χ0v) is 21.2. The first-order chi connectivity index (χ1) is 17.6. The minimum absolute atomic E-state index is 0.189. The zero-order chi connectivity index (χ0) is 25.1. The van der Waals surface area contributed by atoms with Crippen molar-refractivity contribution in [3.05, 3.63) is 96.6 Å². The highest BCUT2D eigenvalue weighted by Gasteiger charge is 2.43. The van der Waals surface area contributed by atoms with Gasteiger partial charge in [-0.25, -0.2) is 0 Å². The van der Waals surface area contributed by atoms with Crippen LogP contribution in [-0.2, 0) is 0 Å². The second-order valence-electron chi connectivity index (χ2n) is 8.26. The third-order valence-corrected chi connectivity index (χ3v) is 6.57. The molecule has 2 atom stereocenters. The average Bonchev–Trinajstić information content (AvgIpc) is 3.53. The van der Waals surface area contributed by atoms with Crippen LogP contribution in [-0.4, -0.2) is 35.5 Å². The molecule has 7 nitrogen and oxygen atoms in total. The lowest BCUT2D eigenvalue weighted by atomic mass is 10.0. The number of anilines is 1. The first-order valence-corrected chi connectivity index (χ1v) is 12.2. The van der Waals surface area contributed by atoms with Gasteiger partial charge >= 0.3 is 0 Å². The number of aromatic nitrogens is 2. The summed E-state index contributed by atoms with van der Waals surface area (Å²) in [4.78, 5) is 6.76. The summed E-state index contributed by atoms with van der Waals surface area (Å²) < 4.78 is 19.1. The van der Waals surface area contributed by atoms with Crippen molar-refractivity contribution >= 4 is 23.0 Å². The Morgan fingerprint density at radius 1 is 0.944 bits per heavy atom. The van der Waals surface area contributed by atoms with Gasteiger partial charge in [-0.3, -0.25) is 4.98 Å². The standard InChI is InChI=1S/C28H28N4O3S/c1-4-35-20-12-10-19(11-13-20)31-17-7-9-23(31)27-26(22-8-5-6-16-29-22)30-28(36)32(27)24-18-21(33-2)14-15-25(24)34-3/h5-18,26-27H,4H2,1-3H3,(H,30,36)/t26-,27-/m0/s1. The fraction of sp³-hybridized carbons (Fsp3) is 0.214. The highest BCUT2D eigenvalue weighted by atomic mass is 32.1. The van der Waals surface area contributed by atoms with Crippen LogP contribution in [0.25, 0.3) is 5.69 Å². The van der Waals surface area contributed by atoms with Gasteiger partial charge < -0.3 is 29.0 Å². The summed E-state index contributed by atoms with van der Waals surface area (Å²) in [5.74, 6) is 2.26. The number of ether oxygens (including phenoxy) is 3. The van der Waals surface area contributed by atoms with E-state index >= 15 is 0 Å². The summed E-state index contributed by atoms with van der Waals surface area (Å²) in [6, 6.07) is 23.5. The predicted molar refractivity (Wildman–Crippen MR) is 144 cm³/mol. The maximum atomic E-state index is 5.91. The molecule has 8 heteroatoms. The molecule has 4 aromatic rings. The number of benzene rings is 2. The van der Waals surface area contributed by atoms with Gasteiger partial charge in [-0.15, -0.1) is 0 Å². The van der Waals surface area contributed by atoms with Crippen molar-refractivity contribution in [3.8, 4) is 22.9 Å². The van der Waals surface area contributed by atoms with Crippen LogP contribution in [0.2, 0.25) is 0 Å². The molecule has 2 aromatic carbocycles. The molecule has 3 heterocycles. The molecule has 1 aliphatic heterocycles. The van der Waals surface area contributed by atoms with E-state index in [1.54, 1.807) is 20.4 Å². The summed E-state index contributed by atoms with van der Waals surface area (Å²) in [7, 11) is 3.31. The van der Waals surface area contributed by atoms with Gasteiger partial charge in [0.1, 0.15) is 23.3 Å². The number of pyridine rings is 1. The topological polar surface area (TPSA) is 60.8 Å². The van der Waals surface area contributed by atoms with Crippen molar-refractivity contribution in [1.82, 2.24) is 14.9 Å². The molecular weight excluding hydrogens is 472 g/mol. The average molecular weight is 501 g/mol. The normalized spacial score (nSPS) is 17.1. The Morgan fingerprint density at radius 3 is 2.44 bits per heavy atom. The number of nitrogens with zero attached hydrogens (tertiary/aromatic N) is 3. The van der Waals surface area contributed by atoms with Crippen molar-refractivity contribution in [2.24, 2.45) is 0 Å². The van der Waals surface area contributed by atoms with E-state index in [9.17, 15) is 0 Å². The predicted octanol–water partition coefficient (Wildman–Crippen LogP) is 5.47. The first-order valence-electron chi connectivity index (χ1n) is 11.8. The summed E-state index contributed by atoms with van der Waals surface area (Å²) in [6.07, 6.45) is 3.86. The minimum atomic E-state index is -0.213. The Kier molecular flexibility index (Phi) is 6.77. The van der Waals surface area contributed by atoms with Crippen LogP contribution >= 0.6 is 12.2 Å². The molecule has 0 unspecified atom stereocenters. The number of hydrogen-bond acceptors (Lipinski definition) is 5. The number of methoxy groups -OCH3 is 2. The molecule has 184 valence electrons. The molecule has 36 heavy (non-hydrogen) atoms.